The summed E-state index contributed by atoms with van der Waals surface area (Å²) in [7, 11) is 0. The maximum Gasteiger partial charge on any atom is 0.241 e. The Labute approximate surface area is 184 Å². The Balaban J connectivity index is 1.24. The van der Waals surface area contributed by atoms with Crippen LogP contribution in [0.4, 0.5) is 5.69 Å². The quantitative estimate of drug-likeness (QED) is 0.404. The molecule has 158 valence electrons. The van der Waals surface area contributed by atoms with Crippen molar-refractivity contribution in [2.24, 2.45) is 0 Å². The molecule has 5 aromatic rings. The van der Waals surface area contributed by atoms with Crippen LogP contribution in [-0.4, -0.2) is 38.5 Å². The van der Waals surface area contributed by atoms with Gasteiger partial charge in [-0.15, -0.1) is 5.10 Å². The molecule has 0 spiro atoms. The SMILES string of the molecule is O=C(Nc1ccc(-n2cc(-c3ccc4[nH]c5ccccc5c4c3)nn2)cc1)C1CCCN1. The van der Waals surface area contributed by atoms with Gasteiger partial charge in [0.05, 0.1) is 17.9 Å². The fourth-order valence-corrected chi connectivity index (χ4v) is 4.36. The highest BCUT2D eigenvalue weighted by Gasteiger charge is 2.21. The topological polar surface area (TPSA) is 87.6 Å². The first-order chi connectivity index (χ1) is 15.7. The van der Waals surface area contributed by atoms with Crippen molar-refractivity contribution in [3.8, 4) is 16.9 Å². The summed E-state index contributed by atoms with van der Waals surface area (Å²) >= 11 is 0. The van der Waals surface area contributed by atoms with E-state index >= 15 is 0 Å². The van der Waals surface area contributed by atoms with Crippen LogP contribution >= 0.6 is 0 Å². The fraction of sp³-hybridized carbons (Fsp3) is 0.160. The van der Waals surface area contributed by atoms with Gasteiger partial charge in [-0.25, -0.2) is 4.68 Å². The zero-order chi connectivity index (χ0) is 21.5. The molecule has 6 rings (SSSR count). The highest BCUT2D eigenvalue weighted by molar-refractivity contribution is 6.08. The molecule has 1 fully saturated rings. The van der Waals surface area contributed by atoms with E-state index in [0.717, 1.165) is 53.1 Å². The molecule has 0 saturated carbocycles. The van der Waals surface area contributed by atoms with Crippen LogP contribution in [0.15, 0.2) is 72.9 Å². The number of nitrogens with zero attached hydrogens (tertiary/aromatic N) is 3. The normalized spacial score (nSPS) is 16.1. The second kappa shape index (κ2) is 7.62. The number of fused-ring (bicyclic) bond motifs is 3. The summed E-state index contributed by atoms with van der Waals surface area (Å²) in [5.74, 6) is 0.0194. The molecule has 1 atom stereocenters. The number of H-pyrrole nitrogens is 1. The van der Waals surface area contributed by atoms with Crippen LogP contribution in [0.3, 0.4) is 0 Å². The molecule has 3 aromatic carbocycles. The number of benzene rings is 3. The van der Waals surface area contributed by atoms with E-state index in [2.05, 4.69) is 62.3 Å². The highest BCUT2D eigenvalue weighted by Crippen LogP contribution is 2.29. The molecular formula is C25H22N6O. The van der Waals surface area contributed by atoms with Crippen LogP contribution in [0.5, 0.6) is 0 Å². The lowest BCUT2D eigenvalue weighted by molar-refractivity contribution is -0.117. The maximum absolute atomic E-state index is 12.3. The third-order valence-electron chi connectivity index (χ3n) is 6.07. The lowest BCUT2D eigenvalue weighted by Gasteiger charge is -2.11. The molecule has 0 radical (unpaired) electrons. The van der Waals surface area contributed by atoms with Crippen molar-refractivity contribution >= 4 is 33.4 Å². The van der Waals surface area contributed by atoms with Gasteiger partial charge in [0, 0.05) is 33.1 Å². The molecule has 7 nitrogen and oxygen atoms in total. The molecule has 3 N–H and O–H groups in total. The van der Waals surface area contributed by atoms with Crippen LogP contribution < -0.4 is 10.6 Å². The van der Waals surface area contributed by atoms with E-state index in [0.29, 0.717) is 0 Å². The molecule has 2 aromatic heterocycles. The van der Waals surface area contributed by atoms with Crippen molar-refractivity contribution in [1.29, 1.82) is 0 Å². The van der Waals surface area contributed by atoms with E-state index in [9.17, 15) is 4.79 Å². The minimum atomic E-state index is -0.0953. The first-order valence-electron chi connectivity index (χ1n) is 10.8. The zero-order valence-corrected chi connectivity index (χ0v) is 17.4. The average molecular weight is 422 g/mol. The van der Waals surface area contributed by atoms with E-state index in [-0.39, 0.29) is 11.9 Å². The number of hydrogen-bond acceptors (Lipinski definition) is 4. The number of aromatic nitrogens is 4. The maximum atomic E-state index is 12.3. The summed E-state index contributed by atoms with van der Waals surface area (Å²) < 4.78 is 1.75. The first kappa shape index (κ1) is 18.8. The van der Waals surface area contributed by atoms with Crippen LogP contribution in [0, 0.1) is 0 Å². The number of carbonyl (C=O) groups excluding carboxylic acids is 1. The van der Waals surface area contributed by atoms with E-state index in [1.165, 1.54) is 10.8 Å². The summed E-state index contributed by atoms with van der Waals surface area (Å²) in [6, 6.07) is 22.1. The molecule has 0 bridgehead atoms. The summed E-state index contributed by atoms with van der Waals surface area (Å²) in [5, 5.41) is 17.2. The third-order valence-corrected chi connectivity index (χ3v) is 6.07. The Morgan fingerprint density at radius 3 is 2.69 bits per heavy atom. The number of hydrogen-bond donors (Lipinski definition) is 3. The Morgan fingerprint density at radius 1 is 1.00 bits per heavy atom. The number of amides is 1. The summed E-state index contributed by atoms with van der Waals surface area (Å²) in [5.41, 5.74) is 5.71. The van der Waals surface area contributed by atoms with E-state index < -0.39 is 0 Å². The van der Waals surface area contributed by atoms with Gasteiger partial charge < -0.3 is 15.6 Å². The van der Waals surface area contributed by atoms with Gasteiger partial charge in [0.2, 0.25) is 5.91 Å². The lowest BCUT2D eigenvalue weighted by atomic mass is 10.1. The molecule has 32 heavy (non-hydrogen) atoms. The minimum absolute atomic E-state index is 0.0194. The molecule has 1 aliphatic rings. The third kappa shape index (κ3) is 3.33. The second-order valence-corrected chi connectivity index (χ2v) is 8.16. The number of carbonyl (C=O) groups is 1. The fourth-order valence-electron chi connectivity index (χ4n) is 4.36. The van der Waals surface area contributed by atoms with Crippen LogP contribution in [-0.2, 0) is 4.79 Å². The van der Waals surface area contributed by atoms with Crippen LogP contribution in [0.2, 0.25) is 0 Å². The number of nitrogens with one attached hydrogen (secondary N) is 3. The van der Waals surface area contributed by atoms with Crippen molar-refractivity contribution in [2.75, 3.05) is 11.9 Å². The number of anilines is 1. The Bertz CT molecular complexity index is 1430. The molecule has 7 heteroatoms. The molecular weight excluding hydrogens is 400 g/mol. The molecule has 3 heterocycles. The van der Waals surface area contributed by atoms with Gasteiger partial charge in [-0.3, -0.25) is 4.79 Å². The van der Waals surface area contributed by atoms with E-state index in [4.69, 9.17) is 0 Å². The molecule has 0 aliphatic carbocycles. The molecule has 1 saturated heterocycles. The minimum Gasteiger partial charge on any atom is -0.355 e. The van der Waals surface area contributed by atoms with Gasteiger partial charge in [-0.2, -0.15) is 0 Å². The van der Waals surface area contributed by atoms with Gasteiger partial charge in [0.1, 0.15) is 5.69 Å². The highest BCUT2D eigenvalue weighted by atomic mass is 16.2. The molecule has 1 unspecified atom stereocenters. The first-order valence-corrected chi connectivity index (χ1v) is 10.8. The van der Waals surface area contributed by atoms with Gasteiger partial charge in [0.25, 0.3) is 0 Å². The smallest absolute Gasteiger partial charge is 0.241 e. The average Bonchev–Trinajstić information content (AvgIpc) is 3.59. The standard InChI is InChI=1S/C25H22N6O/c32-25(23-6-3-13-26-23)27-17-8-10-18(11-9-17)31-15-24(29-30-31)16-7-12-22-20(14-16)19-4-1-2-5-21(19)28-22/h1-2,4-5,7-12,14-15,23,26,28H,3,6,13H2,(H,27,32). The largest absolute Gasteiger partial charge is 0.355 e. The summed E-state index contributed by atoms with van der Waals surface area (Å²) in [6.45, 7) is 0.902. The van der Waals surface area contributed by atoms with Crippen molar-refractivity contribution in [3.05, 3.63) is 72.9 Å². The Morgan fingerprint density at radius 2 is 1.84 bits per heavy atom. The number of rotatable bonds is 4. The van der Waals surface area contributed by atoms with Gasteiger partial charge in [-0.1, -0.05) is 29.5 Å². The van der Waals surface area contributed by atoms with Gasteiger partial charge >= 0.3 is 0 Å². The Kier molecular flexibility index (Phi) is 4.47. The molecule has 1 amide bonds. The second-order valence-electron chi connectivity index (χ2n) is 8.16. The molecule has 1 aliphatic heterocycles. The van der Waals surface area contributed by atoms with Gasteiger partial charge in [-0.05, 0) is 61.9 Å². The van der Waals surface area contributed by atoms with Gasteiger partial charge in [0.15, 0.2) is 0 Å². The predicted octanol–water partition coefficient (Wildman–Crippen LogP) is 4.26. The lowest BCUT2D eigenvalue weighted by Crippen LogP contribution is -2.35. The number of aromatic amines is 1. The van der Waals surface area contributed by atoms with Crippen LogP contribution in [0.25, 0.3) is 38.8 Å². The van der Waals surface area contributed by atoms with Crippen LogP contribution in [0.1, 0.15) is 12.8 Å². The monoisotopic (exact) mass is 422 g/mol. The van der Waals surface area contributed by atoms with E-state index in [1.807, 2.05) is 36.5 Å². The van der Waals surface area contributed by atoms with Crippen molar-refractivity contribution < 1.29 is 4.79 Å². The van der Waals surface area contributed by atoms with Crippen molar-refractivity contribution in [2.45, 2.75) is 18.9 Å². The summed E-state index contributed by atoms with van der Waals surface area (Å²) in [6.07, 6.45) is 3.85. The predicted molar refractivity (Wildman–Crippen MR) is 126 cm³/mol. The summed E-state index contributed by atoms with van der Waals surface area (Å²) in [4.78, 5) is 15.7. The Hall–Kier alpha value is -3.97. The zero-order valence-electron chi connectivity index (χ0n) is 17.4. The van der Waals surface area contributed by atoms with E-state index in [1.54, 1.807) is 4.68 Å². The van der Waals surface area contributed by atoms with Crippen molar-refractivity contribution in [3.63, 3.8) is 0 Å². The van der Waals surface area contributed by atoms with Crippen molar-refractivity contribution in [1.82, 2.24) is 25.3 Å². The number of para-hydroxylation sites is 1.